The SMILES string of the molecule is NC(=O)c1ccc(OCc2ccoc2C(=O)O)cc1F. The molecule has 104 valence electrons. The van der Waals surface area contributed by atoms with Gasteiger partial charge in [0, 0.05) is 11.6 Å². The number of carbonyl (C=O) groups is 2. The van der Waals surface area contributed by atoms with Gasteiger partial charge in [0.05, 0.1) is 11.8 Å². The van der Waals surface area contributed by atoms with Crippen molar-refractivity contribution in [2.45, 2.75) is 6.61 Å². The molecule has 2 rings (SSSR count). The van der Waals surface area contributed by atoms with Gasteiger partial charge in [0.2, 0.25) is 5.76 Å². The van der Waals surface area contributed by atoms with Gasteiger partial charge in [0.15, 0.2) is 0 Å². The summed E-state index contributed by atoms with van der Waals surface area (Å²) in [5, 5.41) is 8.83. The van der Waals surface area contributed by atoms with Crippen LogP contribution in [0.3, 0.4) is 0 Å². The van der Waals surface area contributed by atoms with Crippen molar-refractivity contribution in [1.82, 2.24) is 0 Å². The summed E-state index contributed by atoms with van der Waals surface area (Å²) in [6.07, 6.45) is 1.22. The van der Waals surface area contributed by atoms with E-state index in [0.717, 1.165) is 6.07 Å². The first kappa shape index (κ1) is 13.6. The summed E-state index contributed by atoms with van der Waals surface area (Å²) < 4.78 is 23.5. The summed E-state index contributed by atoms with van der Waals surface area (Å²) in [5.74, 6) is -2.99. The third kappa shape index (κ3) is 2.77. The molecule has 1 amide bonds. The van der Waals surface area contributed by atoms with Gasteiger partial charge in [-0.1, -0.05) is 0 Å². The van der Waals surface area contributed by atoms with Crippen LogP contribution < -0.4 is 10.5 Å². The minimum Gasteiger partial charge on any atom is -0.489 e. The molecular formula is C13H10FNO5. The van der Waals surface area contributed by atoms with Crippen molar-refractivity contribution in [2.75, 3.05) is 0 Å². The summed E-state index contributed by atoms with van der Waals surface area (Å²) >= 11 is 0. The van der Waals surface area contributed by atoms with Crippen molar-refractivity contribution < 1.29 is 28.2 Å². The molecule has 3 N–H and O–H groups in total. The van der Waals surface area contributed by atoms with Crippen LogP contribution in [0.25, 0.3) is 0 Å². The predicted octanol–water partition coefficient (Wildman–Crippen LogP) is 1.79. The van der Waals surface area contributed by atoms with Crippen LogP contribution in [0.4, 0.5) is 4.39 Å². The lowest BCUT2D eigenvalue weighted by molar-refractivity contribution is 0.0658. The number of carboxylic acids is 1. The lowest BCUT2D eigenvalue weighted by atomic mass is 10.2. The molecule has 0 saturated heterocycles. The summed E-state index contributed by atoms with van der Waals surface area (Å²) in [5.41, 5.74) is 5.04. The Labute approximate surface area is 112 Å². The van der Waals surface area contributed by atoms with Crippen LogP contribution in [-0.4, -0.2) is 17.0 Å². The number of aromatic carboxylic acids is 1. The van der Waals surface area contributed by atoms with E-state index in [4.69, 9.17) is 20.0 Å². The molecule has 1 aromatic carbocycles. The first-order valence-corrected chi connectivity index (χ1v) is 5.51. The zero-order valence-electron chi connectivity index (χ0n) is 10.1. The van der Waals surface area contributed by atoms with E-state index in [1.807, 2.05) is 0 Å². The number of carbonyl (C=O) groups excluding carboxylic acids is 1. The van der Waals surface area contributed by atoms with Gasteiger partial charge in [0.25, 0.3) is 5.91 Å². The Morgan fingerprint density at radius 2 is 2.10 bits per heavy atom. The van der Waals surface area contributed by atoms with Crippen molar-refractivity contribution in [3.63, 3.8) is 0 Å². The molecule has 6 nitrogen and oxygen atoms in total. The average Bonchev–Trinajstić information content (AvgIpc) is 2.84. The van der Waals surface area contributed by atoms with Gasteiger partial charge < -0.3 is 20.0 Å². The normalized spacial score (nSPS) is 10.2. The maximum atomic E-state index is 13.5. The van der Waals surface area contributed by atoms with E-state index in [1.54, 1.807) is 0 Å². The van der Waals surface area contributed by atoms with Crippen LogP contribution in [0.5, 0.6) is 5.75 Å². The molecule has 0 fully saturated rings. The number of hydrogen-bond donors (Lipinski definition) is 2. The second kappa shape index (κ2) is 5.43. The van der Waals surface area contributed by atoms with E-state index >= 15 is 0 Å². The minimum atomic E-state index is -1.22. The molecule has 0 spiro atoms. The number of primary amides is 1. The van der Waals surface area contributed by atoms with Gasteiger partial charge in [-0.3, -0.25) is 4.79 Å². The maximum Gasteiger partial charge on any atom is 0.372 e. The summed E-state index contributed by atoms with van der Waals surface area (Å²) in [4.78, 5) is 21.7. The first-order valence-electron chi connectivity index (χ1n) is 5.51. The summed E-state index contributed by atoms with van der Waals surface area (Å²) in [6, 6.07) is 5.00. The number of rotatable bonds is 5. The molecule has 0 aliphatic rings. The van der Waals surface area contributed by atoms with E-state index in [-0.39, 0.29) is 23.7 Å². The van der Waals surface area contributed by atoms with Crippen LogP contribution >= 0.6 is 0 Å². The number of amides is 1. The predicted molar refractivity (Wildman–Crippen MR) is 64.9 cm³/mol. The van der Waals surface area contributed by atoms with Crippen LogP contribution in [-0.2, 0) is 6.61 Å². The molecule has 0 aliphatic carbocycles. The number of carboxylic acid groups (broad SMARTS) is 1. The van der Waals surface area contributed by atoms with Crippen molar-refractivity contribution >= 4 is 11.9 Å². The van der Waals surface area contributed by atoms with Gasteiger partial charge in [-0.15, -0.1) is 0 Å². The van der Waals surface area contributed by atoms with Crippen molar-refractivity contribution in [3.8, 4) is 5.75 Å². The van der Waals surface area contributed by atoms with E-state index in [2.05, 4.69) is 0 Å². The highest BCUT2D eigenvalue weighted by Crippen LogP contribution is 2.19. The minimum absolute atomic E-state index is 0.104. The molecule has 2 aromatic rings. The second-order valence-electron chi connectivity index (χ2n) is 3.87. The summed E-state index contributed by atoms with van der Waals surface area (Å²) in [7, 11) is 0. The Balaban J connectivity index is 2.11. The van der Waals surface area contributed by atoms with E-state index in [9.17, 15) is 14.0 Å². The quantitative estimate of drug-likeness (QED) is 0.868. The Morgan fingerprint density at radius 3 is 2.70 bits per heavy atom. The lowest BCUT2D eigenvalue weighted by Gasteiger charge is -2.06. The number of halogens is 1. The van der Waals surface area contributed by atoms with Gasteiger partial charge in [-0.05, 0) is 18.2 Å². The van der Waals surface area contributed by atoms with Crippen LogP contribution in [0, 0.1) is 5.82 Å². The molecule has 20 heavy (non-hydrogen) atoms. The van der Waals surface area contributed by atoms with E-state index < -0.39 is 17.7 Å². The molecule has 7 heteroatoms. The molecule has 0 aliphatic heterocycles. The Bertz CT molecular complexity index is 665. The zero-order valence-corrected chi connectivity index (χ0v) is 10.1. The fourth-order valence-corrected chi connectivity index (χ4v) is 1.58. The first-order chi connectivity index (χ1) is 9.49. The second-order valence-corrected chi connectivity index (χ2v) is 3.87. The largest absolute Gasteiger partial charge is 0.489 e. The number of hydrogen-bond acceptors (Lipinski definition) is 4. The topological polar surface area (TPSA) is 103 Å². The Morgan fingerprint density at radius 1 is 1.35 bits per heavy atom. The molecule has 1 heterocycles. The third-order valence-corrected chi connectivity index (χ3v) is 2.54. The Hall–Kier alpha value is -2.83. The molecule has 0 unspecified atom stereocenters. The number of nitrogens with two attached hydrogens (primary N) is 1. The highest BCUT2D eigenvalue weighted by Gasteiger charge is 2.15. The standard InChI is InChI=1S/C13H10FNO5/c14-10-5-8(1-2-9(10)12(15)16)20-6-7-3-4-19-11(7)13(17)18/h1-5H,6H2,(H2,15,16)(H,17,18). The van der Waals surface area contributed by atoms with Crippen molar-refractivity contribution in [2.24, 2.45) is 5.73 Å². The smallest absolute Gasteiger partial charge is 0.372 e. The highest BCUT2D eigenvalue weighted by atomic mass is 19.1. The number of benzene rings is 1. The van der Waals surface area contributed by atoms with Crippen LogP contribution in [0.15, 0.2) is 34.9 Å². The molecule has 0 bridgehead atoms. The molecule has 1 aromatic heterocycles. The maximum absolute atomic E-state index is 13.5. The molecular weight excluding hydrogens is 269 g/mol. The third-order valence-electron chi connectivity index (χ3n) is 2.54. The molecule has 0 saturated carbocycles. The fourth-order valence-electron chi connectivity index (χ4n) is 1.58. The molecule has 0 radical (unpaired) electrons. The zero-order chi connectivity index (χ0) is 14.7. The van der Waals surface area contributed by atoms with Crippen LogP contribution in [0.1, 0.15) is 26.5 Å². The number of ether oxygens (including phenoxy) is 1. The van der Waals surface area contributed by atoms with Gasteiger partial charge in [0.1, 0.15) is 18.2 Å². The van der Waals surface area contributed by atoms with Crippen LogP contribution in [0.2, 0.25) is 0 Å². The lowest BCUT2D eigenvalue weighted by Crippen LogP contribution is -2.13. The van der Waals surface area contributed by atoms with Gasteiger partial charge in [-0.25, -0.2) is 9.18 Å². The highest BCUT2D eigenvalue weighted by molar-refractivity contribution is 5.93. The summed E-state index contributed by atoms with van der Waals surface area (Å²) in [6.45, 7) is -0.104. The monoisotopic (exact) mass is 279 g/mol. The molecule has 0 atom stereocenters. The van der Waals surface area contributed by atoms with E-state index in [0.29, 0.717) is 5.56 Å². The van der Waals surface area contributed by atoms with E-state index in [1.165, 1.54) is 24.5 Å². The fraction of sp³-hybridized carbons (Fsp3) is 0.0769. The van der Waals surface area contributed by atoms with Gasteiger partial charge in [-0.2, -0.15) is 0 Å². The van der Waals surface area contributed by atoms with Gasteiger partial charge >= 0.3 is 5.97 Å². The van der Waals surface area contributed by atoms with Crippen molar-refractivity contribution in [1.29, 1.82) is 0 Å². The number of furan rings is 1. The average molecular weight is 279 g/mol. The Kier molecular flexibility index (Phi) is 3.69. The van der Waals surface area contributed by atoms with Crippen molar-refractivity contribution in [3.05, 3.63) is 53.2 Å².